The minimum atomic E-state index is 0.678. The quantitative estimate of drug-likeness (QED) is 0.514. The molecule has 0 radical (unpaired) electrons. The first kappa shape index (κ1) is 20.3. The summed E-state index contributed by atoms with van der Waals surface area (Å²) in [6.07, 6.45) is 0. The molecule has 162 valence electrons. The molecular formula is C27H29N5. The predicted molar refractivity (Wildman–Crippen MR) is 134 cm³/mol. The highest BCUT2D eigenvalue weighted by Crippen LogP contribution is 2.45. The fourth-order valence-electron chi connectivity index (χ4n) is 4.76. The Morgan fingerprint density at radius 2 is 0.969 bits per heavy atom. The highest BCUT2D eigenvalue weighted by molar-refractivity contribution is 5.88. The van der Waals surface area contributed by atoms with Gasteiger partial charge in [-0.3, -0.25) is 0 Å². The maximum Gasteiger partial charge on any atom is 0.0993 e. The lowest BCUT2D eigenvalue weighted by molar-refractivity contribution is 0.939. The Morgan fingerprint density at radius 1 is 0.594 bits per heavy atom. The summed E-state index contributed by atoms with van der Waals surface area (Å²) in [5.74, 6) is 0. The molecule has 0 unspecified atom stereocenters. The number of hydrogen-bond acceptors (Lipinski definition) is 5. The van der Waals surface area contributed by atoms with Gasteiger partial charge in [-0.1, -0.05) is 0 Å². The van der Waals surface area contributed by atoms with Crippen LogP contribution in [-0.2, 0) is 0 Å². The molecule has 0 bridgehead atoms. The van der Waals surface area contributed by atoms with E-state index in [0.29, 0.717) is 5.56 Å². The van der Waals surface area contributed by atoms with Crippen LogP contribution in [0.3, 0.4) is 0 Å². The van der Waals surface area contributed by atoms with Gasteiger partial charge in [-0.2, -0.15) is 5.26 Å². The van der Waals surface area contributed by atoms with E-state index in [4.69, 9.17) is 0 Å². The van der Waals surface area contributed by atoms with Gasteiger partial charge in [-0.25, -0.2) is 0 Å². The van der Waals surface area contributed by atoms with Crippen LogP contribution in [0, 0.1) is 39.0 Å². The molecule has 2 aliphatic rings. The zero-order chi connectivity index (χ0) is 22.7. The zero-order valence-corrected chi connectivity index (χ0v) is 19.7. The highest BCUT2D eigenvalue weighted by atomic mass is 15.4. The molecular weight excluding hydrogens is 394 g/mol. The molecule has 0 fully saturated rings. The van der Waals surface area contributed by atoms with Crippen molar-refractivity contribution in [1.82, 2.24) is 0 Å². The van der Waals surface area contributed by atoms with Crippen molar-refractivity contribution in [3.05, 3.63) is 70.3 Å². The minimum Gasteiger partial charge on any atom is -0.355 e. The summed E-state index contributed by atoms with van der Waals surface area (Å²) in [5, 5.41) is 9.82. The molecule has 3 aromatic carbocycles. The first-order chi connectivity index (χ1) is 15.3. The SMILES string of the molecule is Cc1cc2c(cc1C)N(c1cc(C#N)cc(N3CN(C)c4cc(C)c(C)cc43)c1)CN2C. The van der Waals surface area contributed by atoms with Crippen molar-refractivity contribution in [2.24, 2.45) is 0 Å². The van der Waals surface area contributed by atoms with Crippen LogP contribution >= 0.6 is 0 Å². The van der Waals surface area contributed by atoms with Crippen LogP contribution in [0.25, 0.3) is 0 Å². The second-order valence-corrected chi connectivity index (χ2v) is 9.24. The van der Waals surface area contributed by atoms with E-state index in [1.54, 1.807) is 0 Å². The molecule has 0 saturated heterocycles. The maximum atomic E-state index is 9.82. The number of nitrogens with zero attached hydrogens (tertiary/aromatic N) is 5. The molecule has 0 aromatic heterocycles. The van der Waals surface area contributed by atoms with Gasteiger partial charge in [0.1, 0.15) is 0 Å². The lowest BCUT2D eigenvalue weighted by Gasteiger charge is -2.25. The van der Waals surface area contributed by atoms with E-state index in [0.717, 1.165) is 24.7 Å². The van der Waals surface area contributed by atoms with E-state index in [1.807, 2.05) is 12.1 Å². The van der Waals surface area contributed by atoms with Gasteiger partial charge in [0.15, 0.2) is 0 Å². The summed E-state index contributed by atoms with van der Waals surface area (Å²) in [7, 11) is 4.25. The van der Waals surface area contributed by atoms with Crippen LogP contribution in [0.2, 0.25) is 0 Å². The smallest absolute Gasteiger partial charge is 0.0993 e. The zero-order valence-electron chi connectivity index (χ0n) is 19.7. The topological polar surface area (TPSA) is 36.8 Å². The van der Waals surface area contributed by atoms with Crippen molar-refractivity contribution < 1.29 is 0 Å². The molecule has 0 saturated carbocycles. The van der Waals surface area contributed by atoms with Crippen molar-refractivity contribution in [3.63, 3.8) is 0 Å². The number of fused-ring (bicyclic) bond motifs is 2. The standard InChI is InChI=1S/C27H29N5/c1-17-7-24-26(9-19(17)3)31(15-29(24)5)22-11-21(14-28)12-23(13-22)32-16-30(6)25-8-18(2)20(4)10-27(25)32/h7-13H,15-16H2,1-6H3. The third-order valence-corrected chi connectivity index (χ3v) is 6.95. The number of aryl methyl sites for hydroxylation is 4. The first-order valence-corrected chi connectivity index (χ1v) is 11.0. The number of rotatable bonds is 2. The molecule has 5 nitrogen and oxygen atoms in total. The monoisotopic (exact) mass is 423 g/mol. The molecule has 32 heavy (non-hydrogen) atoms. The van der Waals surface area contributed by atoms with E-state index < -0.39 is 0 Å². The number of nitriles is 1. The summed E-state index contributed by atoms with van der Waals surface area (Å²) in [6.45, 7) is 10.2. The van der Waals surface area contributed by atoms with Gasteiger partial charge in [0, 0.05) is 25.5 Å². The average Bonchev–Trinajstić information content (AvgIpc) is 3.25. The van der Waals surface area contributed by atoms with Crippen LogP contribution in [0.5, 0.6) is 0 Å². The summed E-state index contributed by atoms with van der Waals surface area (Å²) >= 11 is 0. The predicted octanol–water partition coefficient (Wildman–Crippen LogP) is 5.88. The fourth-order valence-corrected chi connectivity index (χ4v) is 4.76. The number of benzene rings is 3. The summed E-state index contributed by atoms with van der Waals surface area (Å²) in [6, 6.07) is 17.7. The van der Waals surface area contributed by atoms with Crippen molar-refractivity contribution in [2.75, 3.05) is 47.0 Å². The normalized spacial score (nSPS) is 14.7. The fraction of sp³-hybridized carbons (Fsp3) is 0.296. The molecule has 5 heteroatoms. The van der Waals surface area contributed by atoms with Crippen molar-refractivity contribution in [3.8, 4) is 6.07 Å². The van der Waals surface area contributed by atoms with Crippen LogP contribution in [0.15, 0.2) is 42.5 Å². The van der Waals surface area contributed by atoms with E-state index in [1.165, 1.54) is 45.0 Å². The molecule has 0 atom stereocenters. The molecule has 3 aromatic rings. The third kappa shape index (κ3) is 3.06. The molecule has 2 heterocycles. The Labute approximate surface area is 190 Å². The maximum absolute atomic E-state index is 9.82. The van der Waals surface area contributed by atoms with Gasteiger partial charge < -0.3 is 19.6 Å². The molecule has 5 rings (SSSR count). The van der Waals surface area contributed by atoms with Crippen molar-refractivity contribution in [1.29, 1.82) is 5.26 Å². The highest BCUT2D eigenvalue weighted by Gasteiger charge is 2.29. The first-order valence-electron chi connectivity index (χ1n) is 11.0. The van der Waals surface area contributed by atoms with Crippen molar-refractivity contribution in [2.45, 2.75) is 27.7 Å². The number of anilines is 6. The third-order valence-electron chi connectivity index (χ3n) is 6.95. The van der Waals surface area contributed by atoms with E-state index >= 15 is 0 Å². The Balaban J connectivity index is 1.62. The molecule has 0 spiro atoms. The lowest BCUT2D eigenvalue weighted by Crippen LogP contribution is -2.26. The van der Waals surface area contributed by atoms with Gasteiger partial charge in [0.2, 0.25) is 0 Å². The van der Waals surface area contributed by atoms with Crippen LogP contribution in [0.4, 0.5) is 34.1 Å². The second kappa shape index (κ2) is 7.20. The Hall–Kier alpha value is -3.65. The summed E-state index contributed by atoms with van der Waals surface area (Å²) in [5.41, 5.74) is 12.8. The second-order valence-electron chi connectivity index (χ2n) is 9.24. The van der Waals surface area contributed by atoms with Crippen LogP contribution in [-0.4, -0.2) is 27.4 Å². The molecule has 0 amide bonds. The minimum absolute atomic E-state index is 0.678. The summed E-state index contributed by atoms with van der Waals surface area (Å²) in [4.78, 5) is 9.16. The Bertz CT molecular complexity index is 1200. The largest absolute Gasteiger partial charge is 0.355 e. The Kier molecular flexibility index (Phi) is 4.56. The van der Waals surface area contributed by atoms with Gasteiger partial charge in [0.25, 0.3) is 0 Å². The van der Waals surface area contributed by atoms with E-state index in [-0.39, 0.29) is 0 Å². The van der Waals surface area contributed by atoms with Crippen molar-refractivity contribution >= 4 is 34.1 Å². The number of hydrogen-bond donors (Lipinski definition) is 0. The van der Waals surface area contributed by atoms with Gasteiger partial charge in [-0.05, 0) is 92.4 Å². The molecule has 2 aliphatic heterocycles. The van der Waals surface area contributed by atoms with Gasteiger partial charge >= 0.3 is 0 Å². The molecule has 0 aliphatic carbocycles. The summed E-state index contributed by atoms with van der Waals surface area (Å²) < 4.78 is 0. The lowest BCUT2D eigenvalue weighted by atomic mass is 10.1. The van der Waals surface area contributed by atoms with Gasteiger partial charge in [0.05, 0.1) is 47.7 Å². The van der Waals surface area contributed by atoms with Gasteiger partial charge in [-0.15, -0.1) is 0 Å². The molecule has 0 N–H and O–H groups in total. The van der Waals surface area contributed by atoms with Crippen LogP contribution < -0.4 is 19.6 Å². The van der Waals surface area contributed by atoms with E-state index in [2.05, 4.69) is 97.8 Å². The average molecular weight is 424 g/mol. The Morgan fingerprint density at radius 3 is 1.34 bits per heavy atom. The van der Waals surface area contributed by atoms with E-state index in [9.17, 15) is 5.26 Å². The van der Waals surface area contributed by atoms with Crippen LogP contribution in [0.1, 0.15) is 27.8 Å².